The van der Waals surface area contributed by atoms with E-state index in [1.165, 1.54) is 11.8 Å². The Morgan fingerprint density at radius 1 is 1.30 bits per heavy atom. The van der Waals surface area contributed by atoms with Gasteiger partial charge in [0, 0.05) is 37.3 Å². The van der Waals surface area contributed by atoms with E-state index in [9.17, 15) is 24.2 Å². The van der Waals surface area contributed by atoms with Crippen molar-refractivity contribution in [2.24, 2.45) is 11.1 Å². The molecule has 1 saturated heterocycles. The lowest BCUT2D eigenvalue weighted by atomic mass is 9.70. The summed E-state index contributed by atoms with van der Waals surface area (Å²) in [5.41, 5.74) is 7.92. The number of nitrogen functional groups attached to an aromatic ring is 1. The fraction of sp³-hybridized carbons (Fsp3) is 0.364. The van der Waals surface area contributed by atoms with Gasteiger partial charge < -0.3 is 31.5 Å². The molecule has 0 aromatic heterocycles. The third kappa shape index (κ3) is 3.47. The lowest BCUT2D eigenvalue weighted by Gasteiger charge is -2.44. The molecule has 2 heterocycles. The first-order valence-corrected chi connectivity index (χ1v) is 10.3. The van der Waals surface area contributed by atoms with Gasteiger partial charge in [-0.25, -0.2) is 18.0 Å². The summed E-state index contributed by atoms with van der Waals surface area (Å²) in [6.07, 6.45) is 0.831. The van der Waals surface area contributed by atoms with Crippen molar-refractivity contribution in [3.63, 3.8) is 0 Å². The van der Waals surface area contributed by atoms with Crippen LogP contribution in [0.15, 0.2) is 47.0 Å². The van der Waals surface area contributed by atoms with E-state index >= 15 is 8.78 Å². The number of fused-ring (bicyclic) bond motifs is 1. The largest absolute Gasteiger partial charge is 0.478 e. The number of halogens is 3. The van der Waals surface area contributed by atoms with Crippen LogP contribution in [0.1, 0.15) is 25.3 Å². The van der Waals surface area contributed by atoms with Crippen molar-refractivity contribution in [1.29, 1.82) is 0 Å². The van der Waals surface area contributed by atoms with Crippen molar-refractivity contribution in [1.82, 2.24) is 4.90 Å². The third-order valence-corrected chi connectivity index (χ3v) is 6.35. The molecule has 11 heteroatoms. The number of hydrogen-bond acceptors (Lipinski definition) is 7. The Morgan fingerprint density at radius 2 is 2.00 bits per heavy atom. The van der Waals surface area contributed by atoms with E-state index in [4.69, 9.17) is 11.5 Å². The van der Waals surface area contributed by atoms with E-state index in [2.05, 4.69) is 0 Å². The molecule has 2 atom stereocenters. The van der Waals surface area contributed by atoms with Gasteiger partial charge in [-0.2, -0.15) is 0 Å². The number of carboxylic acid groups (broad SMARTS) is 1. The number of nitrogens with two attached hydrogens (primary N) is 2. The molecule has 0 saturated carbocycles. The Labute approximate surface area is 187 Å². The van der Waals surface area contributed by atoms with Crippen molar-refractivity contribution in [3.05, 3.63) is 58.3 Å². The van der Waals surface area contributed by atoms with Crippen molar-refractivity contribution >= 4 is 23.1 Å². The van der Waals surface area contributed by atoms with Gasteiger partial charge in [0.25, 0.3) is 0 Å². The van der Waals surface area contributed by atoms with E-state index in [1.807, 2.05) is 0 Å². The summed E-state index contributed by atoms with van der Waals surface area (Å²) in [7, 11) is 0. The van der Waals surface area contributed by atoms with Crippen LogP contribution in [0.2, 0.25) is 0 Å². The summed E-state index contributed by atoms with van der Waals surface area (Å²) >= 11 is 0. The molecule has 176 valence electrons. The lowest BCUT2D eigenvalue weighted by Crippen LogP contribution is -2.47. The van der Waals surface area contributed by atoms with Crippen molar-refractivity contribution in [2.75, 3.05) is 23.7 Å². The molecule has 1 aromatic rings. The number of nitrogens with zero attached hydrogens (tertiary/aromatic N) is 2. The number of aliphatic hydroxyl groups excluding tert-OH is 1. The zero-order valence-electron chi connectivity index (χ0n) is 17.7. The average Bonchev–Trinajstić information content (AvgIpc) is 3.16. The number of benzene rings is 1. The second kappa shape index (κ2) is 7.92. The Kier molecular flexibility index (Phi) is 5.49. The first-order valence-electron chi connectivity index (χ1n) is 10.3. The minimum atomic E-state index is -1.90. The van der Waals surface area contributed by atoms with Crippen LogP contribution in [0.3, 0.4) is 0 Å². The normalized spacial score (nSPS) is 25.6. The highest BCUT2D eigenvalue weighted by Crippen LogP contribution is 2.52. The number of carbonyl (C=O) groups excluding carboxylic acids is 1. The van der Waals surface area contributed by atoms with Gasteiger partial charge in [0.2, 0.25) is 0 Å². The van der Waals surface area contributed by atoms with Crippen LogP contribution < -0.4 is 16.4 Å². The fourth-order valence-corrected chi connectivity index (χ4v) is 4.67. The monoisotopic (exact) mass is 464 g/mol. The van der Waals surface area contributed by atoms with Gasteiger partial charge >= 0.3 is 5.97 Å². The minimum Gasteiger partial charge on any atom is -0.478 e. The smallest absolute Gasteiger partial charge is 0.340 e. The number of rotatable bonds is 4. The number of ketones is 1. The summed E-state index contributed by atoms with van der Waals surface area (Å²) in [5, 5.41) is 19.4. The van der Waals surface area contributed by atoms with E-state index in [-0.39, 0.29) is 40.9 Å². The molecule has 0 amide bonds. The van der Waals surface area contributed by atoms with Crippen molar-refractivity contribution in [2.45, 2.75) is 32.4 Å². The number of carboxylic acids is 1. The van der Waals surface area contributed by atoms with Crippen LogP contribution in [-0.2, 0) is 16.2 Å². The Bertz CT molecular complexity index is 1160. The molecule has 0 radical (unpaired) electrons. The van der Waals surface area contributed by atoms with E-state index in [1.54, 1.807) is 0 Å². The van der Waals surface area contributed by atoms with Crippen LogP contribution in [-0.4, -0.2) is 46.0 Å². The third-order valence-electron chi connectivity index (χ3n) is 6.35. The number of carbonyl (C=O) groups is 2. The summed E-state index contributed by atoms with van der Waals surface area (Å²) in [4.78, 5) is 27.4. The van der Waals surface area contributed by atoms with Gasteiger partial charge in [0.15, 0.2) is 11.6 Å². The zero-order valence-corrected chi connectivity index (χ0v) is 17.7. The molecule has 8 nitrogen and oxygen atoms in total. The number of Topliss-reactive ketones (excluding diaryl/α,β-unsaturated/α-hetero) is 1. The number of likely N-dealkylation sites (tertiary alicyclic amines) is 1. The average molecular weight is 464 g/mol. The minimum absolute atomic E-state index is 0.0283. The molecule has 1 aliphatic carbocycles. The van der Waals surface area contributed by atoms with Gasteiger partial charge in [0.05, 0.1) is 29.1 Å². The Hall–Kier alpha value is -3.31. The van der Waals surface area contributed by atoms with E-state index in [0.717, 1.165) is 23.2 Å². The molecule has 0 bridgehead atoms. The molecule has 6 N–H and O–H groups in total. The van der Waals surface area contributed by atoms with Crippen LogP contribution in [0, 0.1) is 11.2 Å². The quantitative estimate of drug-likeness (QED) is 0.393. The van der Waals surface area contributed by atoms with Gasteiger partial charge in [-0.3, -0.25) is 4.79 Å². The van der Waals surface area contributed by atoms with Crippen LogP contribution >= 0.6 is 0 Å². The molecule has 33 heavy (non-hydrogen) atoms. The van der Waals surface area contributed by atoms with E-state index < -0.39 is 53.2 Å². The summed E-state index contributed by atoms with van der Waals surface area (Å²) in [6, 6.07) is 1.76. The standard InChI is InChI=1S/C22H23F3N4O4/c1-22-6-14(24)18(28-3-2-11(26)7-28)17(25)19(22)29(8-12(20(22)31)21(32)33)16-5-15(27)13(23)4-10(16)9-30/h4-5,8,11,30H,2-3,6-7,9,26-27H2,1H3,(H,32,33)/t11-,22?/m1/s1. The highest BCUT2D eigenvalue weighted by atomic mass is 19.1. The zero-order chi connectivity index (χ0) is 24.2. The molecule has 0 spiro atoms. The van der Waals surface area contributed by atoms with Crippen molar-refractivity contribution < 1.29 is 33.0 Å². The Morgan fingerprint density at radius 3 is 2.58 bits per heavy atom. The van der Waals surface area contributed by atoms with E-state index in [0.29, 0.717) is 13.0 Å². The van der Waals surface area contributed by atoms with Crippen LogP contribution in [0.4, 0.5) is 24.5 Å². The first kappa shape index (κ1) is 22.9. The molecule has 4 rings (SSSR count). The number of aliphatic hydroxyl groups is 1. The number of allylic oxidation sites excluding steroid dienone is 3. The number of hydrogen-bond donors (Lipinski definition) is 4. The number of anilines is 2. The van der Waals surface area contributed by atoms with Crippen LogP contribution in [0.25, 0.3) is 0 Å². The summed E-state index contributed by atoms with van der Waals surface area (Å²) in [6.45, 7) is 1.08. The molecule has 1 aromatic carbocycles. The second-order valence-electron chi connectivity index (χ2n) is 8.63. The predicted octanol–water partition coefficient (Wildman–Crippen LogP) is 2.06. The number of aliphatic carboxylic acids is 1. The molecular formula is C22H23F3N4O4. The molecule has 2 aliphatic heterocycles. The summed E-state index contributed by atoms with van der Waals surface area (Å²) in [5.74, 6) is -5.35. The maximum absolute atomic E-state index is 16.1. The molecular weight excluding hydrogens is 441 g/mol. The molecule has 3 aliphatic rings. The van der Waals surface area contributed by atoms with Gasteiger partial charge in [0.1, 0.15) is 22.9 Å². The Balaban J connectivity index is 2.00. The first-order chi connectivity index (χ1) is 15.5. The second-order valence-corrected chi connectivity index (χ2v) is 8.63. The molecule has 1 fully saturated rings. The maximum Gasteiger partial charge on any atom is 0.340 e. The van der Waals surface area contributed by atoms with Gasteiger partial charge in [-0.05, 0) is 25.5 Å². The lowest BCUT2D eigenvalue weighted by molar-refractivity contribution is -0.136. The molecule has 1 unspecified atom stereocenters. The topological polar surface area (TPSA) is 133 Å². The maximum atomic E-state index is 16.1. The van der Waals surface area contributed by atoms with Crippen LogP contribution in [0.5, 0.6) is 0 Å². The predicted molar refractivity (Wildman–Crippen MR) is 113 cm³/mol. The van der Waals surface area contributed by atoms with Gasteiger partial charge in [-0.1, -0.05) is 0 Å². The highest BCUT2D eigenvalue weighted by molar-refractivity contribution is 6.21. The fourth-order valence-electron chi connectivity index (χ4n) is 4.67. The van der Waals surface area contributed by atoms with Gasteiger partial charge in [-0.15, -0.1) is 0 Å². The highest BCUT2D eigenvalue weighted by Gasteiger charge is 2.53. The summed E-state index contributed by atoms with van der Waals surface area (Å²) < 4.78 is 45.4. The SMILES string of the molecule is CC12CC(F)=C(N3CC[C@@H](N)C3)C(F)=C1N(c1cc(N)c(F)cc1CO)C=C(C(=O)O)C2=O. The van der Waals surface area contributed by atoms with Crippen molar-refractivity contribution in [3.8, 4) is 0 Å².